The molecular weight excluding hydrogens is 174 g/mol. The van der Waals surface area contributed by atoms with Gasteiger partial charge in [-0.3, -0.25) is 4.98 Å². The Morgan fingerprint density at radius 2 is 2.21 bits per heavy atom. The molecule has 0 aliphatic rings. The molecule has 0 fully saturated rings. The molecule has 1 aromatic heterocycles. The van der Waals surface area contributed by atoms with Gasteiger partial charge in [-0.25, -0.2) is 0 Å². The standard InChI is InChI=1S/C11H11N3/c1-8(2)9-3-4-11-10(5-9)13-7-14(11)6-12/h3-5,7-8H,1-2H3/p+1. The van der Waals surface area contributed by atoms with E-state index in [1.807, 2.05) is 6.07 Å². The lowest BCUT2D eigenvalue weighted by molar-refractivity contribution is -0.557. The van der Waals surface area contributed by atoms with Crippen molar-refractivity contribution >= 4 is 11.0 Å². The van der Waals surface area contributed by atoms with Crippen LogP contribution in [0.4, 0.5) is 0 Å². The average Bonchev–Trinajstić information content (AvgIpc) is 2.59. The number of nitrogens with zero attached hydrogens (tertiary/aromatic N) is 2. The molecule has 0 saturated heterocycles. The fourth-order valence-electron chi connectivity index (χ4n) is 1.52. The Morgan fingerprint density at radius 3 is 2.86 bits per heavy atom. The number of aromatic amines is 1. The zero-order chi connectivity index (χ0) is 10.1. The number of fused-ring (bicyclic) bond motifs is 1. The Hall–Kier alpha value is -1.82. The van der Waals surface area contributed by atoms with Crippen LogP contribution in [0.2, 0.25) is 0 Å². The number of nitriles is 1. The van der Waals surface area contributed by atoms with Crippen molar-refractivity contribution in [2.45, 2.75) is 19.8 Å². The first-order chi connectivity index (χ1) is 6.72. The van der Waals surface area contributed by atoms with E-state index < -0.39 is 0 Å². The molecule has 1 heterocycles. The normalized spacial score (nSPS) is 10.7. The third-order valence-corrected chi connectivity index (χ3v) is 2.40. The van der Waals surface area contributed by atoms with Gasteiger partial charge < -0.3 is 0 Å². The summed E-state index contributed by atoms with van der Waals surface area (Å²) in [6.45, 7) is 4.31. The van der Waals surface area contributed by atoms with Crippen LogP contribution in [-0.4, -0.2) is 4.98 Å². The Morgan fingerprint density at radius 1 is 1.43 bits per heavy atom. The maximum absolute atomic E-state index is 8.80. The van der Waals surface area contributed by atoms with Crippen molar-refractivity contribution in [1.29, 1.82) is 5.26 Å². The van der Waals surface area contributed by atoms with Crippen LogP contribution in [0.15, 0.2) is 24.5 Å². The van der Waals surface area contributed by atoms with Gasteiger partial charge >= 0.3 is 6.19 Å². The van der Waals surface area contributed by atoms with Gasteiger partial charge in [-0.15, -0.1) is 4.57 Å². The molecule has 0 aliphatic heterocycles. The highest BCUT2D eigenvalue weighted by atomic mass is 15.0. The van der Waals surface area contributed by atoms with E-state index in [1.54, 1.807) is 6.33 Å². The number of hydrogen-bond donors (Lipinski definition) is 1. The number of hydrogen-bond acceptors (Lipinski definition) is 1. The number of rotatable bonds is 1. The predicted octanol–water partition coefficient (Wildman–Crippen LogP) is 1.91. The first-order valence-corrected chi connectivity index (χ1v) is 4.65. The minimum Gasteiger partial charge on any atom is -0.276 e. The Labute approximate surface area is 82.6 Å². The lowest BCUT2D eigenvalue weighted by Gasteiger charge is -2.02. The first kappa shape index (κ1) is 8.76. The van der Waals surface area contributed by atoms with E-state index in [4.69, 9.17) is 5.26 Å². The molecule has 0 bridgehead atoms. The van der Waals surface area contributed by atoms with Crippen molar-refractivity contribution in [3.05, 3.63) is 30.1 Å². The van der Waals surface area contributed by atoms with Crippen molar-refractivity contribution < 1.29 is 4.57 Å². The van der Waals surface area contributed by atoms with Crippen molar-refractivity contribution in [3.63, 3.8) is 0 Å². The Bertz CT molecular complexity index is 503. The molecule has 14 heavy (non-hydrogen) atoms. The molecule has 70 valence electrons. The Kier molecular flexibility index (Phi) is 1.97. The van der Waals surface area contributed by atoms with Crippen LogP contribution >= 0.6 is 0 Å². The summed E-state index contributed by atoms with van der Waals surface area (Å²) in [5.41, 5.74) is 3.22. The van der Waals surface area contributed by atoms with Crippen molar-refractivity contribution in [2.75, 3.05) is 0 Å². The highest BCUT2D eigenvalue weighted by Gasteiger charge is 2.08. The van der Waals surface area contributed by atoms with Gasteiger partial charge in [-0.05, 0) is 23.6 Å². The number of H-pyrrole nitrogens is 1. The lowest BCUT2D eigenvalue weighted by atomic mass is 10.0. The van der Waals surface area contributed by atoms with Crippen LogP contribution in [0.1, 0.15) is 25.3 Å². The van der Waals surface area contributed by atoms with Crippen molar-refractivity contribution in [2.24, 2.45) is 0 Å². The Balaban J connectivity index is 2.64. The van der Waals surface area contributed by atoms with Crippen LogP contribution in [0.25, 0.3) is 11.0 Å². The smallest absolute Gasteiger partial charge is 0.276 e. The van der Waals surface area contributed by atoms with Crippen LogP contribution < -0.4 is 4.57 Å². The van der Waals surface area contributed by atoms with Gasteiger partial charge in [0.1, 0.15) is 5.52 Å². The summed E-state index contributed by atoms with van der Waals surface area (Å²) >= 11 is 0. The molecule has 0 aliphatic carbocycles. The topological polar surface area (TPSA) is 43.5 Å². The average molecular weight is 186 g/mol. The number of benzene rings is 1. The van der Waals surface area contributed by atoms with Gasteiger partial charge in [-0.1, -0.05) is 19.9 Å². The highest BCUT2D eigenvalue weighted by molar-refractivity contribution is 5.72. The second-order valence-corrected chi connectivity index (χ2v) is 3.67. The maximum Gasteiger partial charge on any atom is 0.375 e. The second-order valence-electron chi connectivity index (χ2n) is 3.67. The van der Waals surface area contributed by atoms with E-state index in [0.29, 0.717) is 5.92 Å². The summed E-state index contributed by atoms with van der Waals surface area (Å²) in [5.74, 6) is 0.512. The maximum atomic E-state index is 8.80. The second kappa shape index (κ2) is 3.15. The lowest BCUT2D eigenvalue weighted by Crippen LogP contribution is -2.24. The van der Waals surface area contributed by atoms with E-state index in [-0.39, 0.29) is 0 Å². The van der Waals surface area contributed by atoms with Gasteiger partial charge in [0, 0.05) is 5.26 Å². The molecule has 1 aromatic carbocycles. The highest BCUT2D eigenvalue weighted by Crippen LogP contribution is 2.17. The van der Waals surface area contributed by atoms with E-state index >= 15 is 0 Å². The van der Waals surface area contributed by atoms with Gasteiger partial charge in [0.25, 0.3) is 0 Å². The number of nitrogens with one attached hydrogen (secondary N) is 1. The van der Waals surface area contributed by atoms with E-state index in [1.165, 1.54) is 10.1 Å². The summed E-state index contributed by atoms with van der Waals surface area (Å²) in [7, 11) is 0. The van der Waals surface area contributed by atoms with Gasteiger partial charge in [-0.2, -0.15) is 0 Å². The summed E-state index contributed by atoms with van der Waals surface area (Å²) in [6, 6.07) is 6.13. The molecule has 2 rings (SSSR count). The third kappa shape index (κ3) is 1.25. The van der Waals surface area contributed by atoms with E-state index in [2.05, 4.69) is 37.2 Å². The van der Waals surface area contributed by atoms with Gasteiger partial charge in [0.05, 0.1) is 0 Å². The van der Waals surface area contributed by atoms with E-state index in [0.717, 1.165) is 11.0 Å². The molecule has 0 spiro atoms. The molecular formula is C11H12N3+. The summed E-state index contributed by atoms with van der Waals surface area (Å²) in [6.07, 6.45) is 3.76. The quantitative estimate of drug-likeness (QED) is 0.679. The van der Waals surface area contributed by atoms with Crippen LogP contribution in [-0.2, 0) is 0 Å². The van der Waals surface area contributed by atoms with Crippen LogP contribution in [0.5, 0.6) is 0 Å². The van der Waals surface area contributed by atoms with Gasteiger partial charge in [0.2, 0.25) is 6.33 Å². The number of imidazole rings is 1. The molecule has 0 unspecified atom stereocenters. The first-order valence-electron chi connectivity index (χ1n) is 4.65. The van der Waals surface area contributed by atoms with Crippen LogP contribution in [0.3, 0.4) is 0 Å². The molecule has 3 heteroatoms. The zero-order valence-electron chi connectivity index (χ0n) is 8.28. The fourth-order valence-corrected chi connectivity index (χ4v) is 1.52. The summed E-state index contributed by atoms with van der Waals surface area (Å²) in [4.78, 5) is 3.07. The molecule has 0 atom stereocenters. The number of aromatic nitrogens is 2. The molecule has 0 amide bonds. The predicted molar refractivity (Wildman–Crippen MR) is 53.6 cm³/mol. The molecule has 0 radical (unpaired) electrons. The van der Waals surface area contributed by atoms with Crippen molar-refractivity contribution in [1.82, 2.24) is 4.98 Å². The van der Waals surface area contributed by atoms with Gasteiger partial charge in [0.15, 0.2) is 5.52 Å². The SMILES string of the molecule is CC(C)c1ccc2c(c1)[nH]c[n+]2C#N. The third-order valence-electron chi connectivity index (χ3n) is 2.40. The summed E-state index contributed by atoms with van der Waals surface area (Å²) < 4.78 is 1.53. The summed E-state index contributed by atoms with van der Waals surface area (Å²) in [5, 5.41) is 8.80. The largest absolute Gasteiger partial charge is 0.375 e. The van der Waals surface area contributed by atoms with Crippen LogP contribution in [0, 0.1) is 11.5 Å². The minimum atomic E-state index is 0.512. The zero-order valence-corrected chi connectivity index (χ0v) is 8.28. The molecule has 1 N–H and O–H groups in total. The fraction of sp³-hybridized carbons (Fsp3) is 0.273. The molecule has 2 aromatic rings. The molecule has 3 nitrogen and oxygen atoms in total. The van der Waals surface area contributed by atoms with Crippen molar-refractivity contribution in [3.8, 4) is 6.19 Å². The minimum absolute atomic E-state index is 0.512. The van der Waals surface area contributed by atoms with E-state index in [9.17, 15) is 0 Å². The monoisotopic (exact) mass is 186 g/mol. The molecule has 0 saturated carbocycles.